The van der Waals surface area contributed by atoms with E-state index >= 15 is 0 Å². The van der Waals surface area contributed by atoms with Crippen LogP contribution in [0, 0.1) is 0 Å². The van der Waals surface area contributed by atoms with Crippen LogP contribution in [0.3, 0.4) is 0 Å². The number of rotatable bonds is 5. The molecule has 8 nitrogen and oxygen atoms in total. The van der Waals surface area contributed by atoms with Gasteiger partial charge in [-0.05, 0) is 31.2 Å². The van der Waals surface area contributed by atoms with Crippen molar-refractivity contribution in [2.75, 3.05) is 7.11 Å². The zero-order valence-corrected chi connectivity index (χ0v) is 14.8. The second-order valence-electron chi connectivity index (χ2n) is 6.04. The molecular formula is C19H17N3O5. The highest BCUT2D eigenvalue weighted by molar-refractivity contribution is 5.83. The summed E-state index contributed by atoms with van der Waals surface area (Å²) in [5, 5.41) is 2.74. The molecule has 0 saturated carbocycles. The largest absolute Gasteiger partial charge is 0.497 e. The highest BCUT2D eigenvalue weighted by atomic mass is 16.5. The first-order valence-corrected chi connectivity index (χ1v) is 8.38. The van der Waals surface area contributed by atoms with Gasteiger partial charge in [0.05, 0.1) is 19.2 Å². The van der Waals surface area contributed by atoms with Gasteiger partial charge in [0.1, 0.15) is 17.3 Å². The van der Waals surface area contributed by atoms with E-state index in [0.717, 1.165) is 0 Å². The van der Waals surface area contributed by atoms with E-state index in [9.17, 15) is 9.59 Å². The SMILES string of the molecule is COc1ccc2oc(CNC(=O)C(C)n3c(=O)oc4ccccc43)nc2c1. The number of benzene rings is 2. The van der Waals surface area contributed by atoms with E-state index < -0.39 is 11.8 Å². The summed E-state index contributed by atoms with van der Waals surface area (Å²) in [4.78, 5) is 29.0. The van der Waals surface area contributed by atoms with Gasteiger partial charge < -0.3 is 18.9 Å². The minimum atomic E-state index is -0.745. The number of carbonyl (C=O) groups excluding carboxylic acids is 1. The predicted octanol–water partition coefficient (Wildman–Crippen LogP) is 2.62. The van der Waals surface area contributed by atoms with Gasteiger partial charge in [0.15, 0.2) is 11.2 Å². The summed E-state index contributed by atoms with van der Waals surface area (Å²) in [6, 6.07) is 11.5. The zero-order chi connectivity index (χ0) is 19.0. The maximum Gasteiger partial charge on any atom is 0.420 e. The summed E-state index contributed by atoms with van der Waals surface area (Å²) in [5.41, 5.74) is 2.25. The first-order valence-electron chi connectivity index (χ1n) is 8.38. The Morgan fingerprint density at radius 3 is 2.85 bits per heavy atom. The van der Waals surface area contributed by atoms with E-state index in [1.165, 1.54) is 4.57 Å². The summed E-state index contributed by atoms with van der Waals surface area (Å²) >= 11 is 0. The molecular weight excluding hydrogens is 350 g/mol. The fourth-order valence-corrected chi connectivity index (χ4v) is 2.94. The molecule has 1 unspecified atom stereocenters. The maximum atomic E-state index is 12.5. The van der Waals surface area contributed by atoms with Crippen molar-refractivity contribution in [3.8, 4) is 5.75 Å². The summed E-state index contributed by atoms with van der Waals surface area (Å²) < 4.78 is 17.3. The molecule has 0 fully saturated rings. The number of hydrogen-bond donors (Lipinski definition) is 1. The number of carbonyl (C=O) groups is 1. The van der Waals surface area contributed by atoms with Crippen LogP contribution < -0.4 is 15.8 Å². The highest BCUT2D eigenvalue weighted by Gasteiger charge is 2.21. The van der Waals surface area contributed by atoms with Gasteiger partial charge in [-0.2, -0.15) is 0 Å². The number of fused-ring (bicyclic) bond motifs is 2. The standard InChI is InChI=1S/C19H17N3O5/c1-11(22-14-5-3-4-6-16(14)27-19(22)24)18(23)20-10-17-21-13-9-12(25-2)7-8-15(13)26-17/h3-9,11H,10H2,1-2H3,(H,20,23). The fourth-order valence-electron chi connectivity index (χ4n) is 2.94. The Hall–Kier alpha value is -3.55. The lowest BCUT2D eigenvalue weighted by Crippen LogP contribution is -2.34. The Bertz CT molecular complexity index is 1190. The lowest BCUT2D eigenvalue weighted by atomic mass is 10.2. The lowest BCUT2D eigenvalue weighted by Gasteiger charge is -2.12. The Kier molecular flexibility index (Phi) is 4.15. The second-order valence-corrected chi connectivity index (χ2v) is 6.04. The van der Waals surface area contributed by atoms with Crippen molar-refractivity contribution >= 4 is 28.1 Å². The number of amides is 1. The van der Waals surface area contributed by atoms with Crippen molar-refractivity contribution in [3.05, 3.63) is 58.9 Å². The smallest absolute Gasteiger partial charge is 0.420 e. The molecule has 1 atom stereocenters. The summed E-state index contributed by atoms with van der Waals surface area (Å²) in [5.74, 6) is 0.116. The van der Waals surface area contributed by atoms with E-state index in [1.807, 2.05) is 0 Å². The molecule has 1 amide bonds. The van der Waals surface area contributed by atoms with Crippen molar-refractivity contribution in [2.45, 2.75) is 19.5 Å². The first kappa shape index (κ1) is 16.9. The van der Waals surface area contributed by atoms with Gasteiger partial charge in [0.25, 0.3) is 0 Å². The van der Waals surface area contributed by atoms with E-state index in [1.54, 1.807) is 56.5 Å². The Balaban J connectivity index is 1.52. The Labute approximate surface area is 153 Å². The van der Waals surface area contributed by atoms with Crippen LogP contribution in [-0.4, -0.2) is 22.6 Å². The summed E-state index contributed by atoms with van der Waals surface area (Å²) in [6.07, 6.45) is 0. The van der Waals surface area contributed by atoms with Gasteiger partial charge in [-0.25, -0.2) is 9.78 Å². The van der Waals surface area contributed by atoms with Crippen LogP contribution in [0.2, 0.25) is 0 Å². The van der Waals surface area contributed by atoms with Crippen molar-refractivity contribution < 1.29 is 18.4 Å². The van der Waals surface area contributed by atoms with Gasteiger partial charge in [-0.3, -0.25) is 9.36 Å². The van der Waals surface area contributed by atoms with E-state index in [0.29, 0.717) is 33.8 Å². The number of aromatic nitrogens is 2. The van der Waals surface area contributed by atoms with Crippen LogP contribution in [0.5, 0.6) is 5.75 Å². The van der Waals surface area contributed by atoms with Gasteiger partial charge in [0, 0.05) is 6.07 Å². The number of methoxy groups -OCH3 is 1. The molecule has 0 bridgehead atoms. The molecule has 27 heavy (non-hydrogen) atoms. The lowest BCUT2D eigenvalue weighted by molar-refractivity contribution is -0.124. The molecule has 2 aromatic heterocycles. The van der Waals surface area contributed by atoms with Crippen LogP contribution in [0.25, 0.3) is 22.2 Å². The number of oxazole rings is 2. The number of ether oxygens (including phenoxy) is 1. The Morgan fingerprint density at radius 1 is 1.22 bits per heavy atom. The van der Waals surface area contributed by atoms with Crippen LogP contribution in [0.1, 0.15) is 18.9 Å². The second kappa shape index (κ2) is 6.64. The first-order chi connectivity index (χ1) is 13.1. The minimum Gasteiger partial charge on any atom is -0.497 e. The van der Waals surface area contributed by atoms with E-state index in [4.69, 9.17) is 13.6 Å². The molecule has 2 aromatic carbocycles. The fraction of sp³-hybridized carbons (Fsp3) is 0.211. The monoisotopic (exact) mass is 367 g/mol. The average molecular weight is 367 g/mol. The third kappa shape index (κ3) is 3.05. The van der Waals surface area contributed by atoms with Gasteiger partial charge >= 0.3 is 5.76 Å². The van der Waals surface area contributed by atoms with Gasteiger partial charge in [0.2, 0.25) is 11.8 Å². The van der Waals surface area contributed by atoms with Crippen molar-refractivity contribution in [3.63, 3.8) is 0 Å². The van der Waals surface area contributed by atoms with Crippen LogP contribution >= 0.6 is 0 Å². The van der Waals surface area contributed by atoms with Crippen molar-refractivity contribution in [1.82, 2.24) is 14.9 Å². The molecule has 0 spiro atoms. The zero-order valence-electron chi connectivity index (χ0n) is 14.8. The number of hydrogen-bond acceptors (Lipinski definition) is 6. The molecule has 0 aliphatic heterocycles. The minimum absolute atomic E-state index is 0.102. The average Bonchev–Trinajstić information content (AvgIpc) is 3.24. The molecule has 2 heterocycles. The van der Waals surface area contributed by atoms with E-state index in [-0.39, 0.29) is 12.5 Å². The summed E-state index contributed by atoms with van der Waals surface area (Å²) in [7, 11) is 1.57. The normalized spacial score (nSPS) is 12.4. The quantitative estimate of drug-likeness (QED) is 0.582. The van der Waals surface area contributed by atoms with Crippen LogP contribution in [0.4, 0.5) is 0 Å². The number of nitrogens with one attached hydrogen (secondary N) is 1. The number of para-hydroxylation sites is 2. The molecule has 1 N–H and O–H groups in total. The van der Waals surface area contributed by atoms with Crippen LogP contribution in [0.15, 0.2) is 56.1 Å². The topological polar surface area (TPSA) is 99.5 Å². The van der Waals surface area contributed by atoms with Gasteiger partial charge in [-0.1, -0.05) is 12.1 Å². The molecule has 8 heteroatoms. The van der Waals surface area contributed by atoms with Crippen molar-refractivity contribution in [1.29, 1.82) is 0 Å². The molecule has 4 rings (SSSR count). The molecule has 138 valence electrons. The molecule has 0 aliphatic carbocycles. The van der Waals surface area contributed by atoms with Gasteiger partial charge in [-0.15, -0.1) is 0 Å². The molecule has 0 radical (unpaired) electrons. The van der Waals surface area contributed by atoms with Crippen LogP contribution in [-0.2, 0) is 11.3 Å². The Morgan fingerprint density at radius 2 is 2.04 bits per heavy atom. The third-order valence-electron chi connectivity index (χ3n) is 4.34. The molecule has 4 aromatic rings. The molecule has 0 aliphatic rings. The molecule has 0 saturated heterocycles. The highest BCUT2D eigenvalue weighted by Crippen LogP contribution is 2.21. The third-order valence-corrected chi connectivity index (χ3v) is 4.34. The maximum absolute atomic E-state index is 12.5. The van der Waals surface area contributed by atoms with Crippen molar-refractivity contribution in [2.24, 2.45) is 0 Å². The number of nitrogens with zero attached hydrogens (tertiary/aromatic N) is 2. The van der Waals surface area contributed by atoms with E-state index in [2.05, 4.69) is 10.3 Å². The predicted molar refractivity (Wildman–Crippen MR) is 97.6 cm³/mol. The summed E-state index contributed by atoms with van der Waals surface area (Å²) in [6.45, 7) is 1.74.